The molecule has 0 unspecified atom stereocenters. The van der Waals surface area contributed by atoms with E-state index in [9.17, 15) is 4.79 Å². The van der Waals surface area contributed by atoms with Crippen molar-refractivity contribution in [3.05, 3.63) is 34.9 Å². The SMILES string of the molecule is Cc1ccc2c(c1)CCC[C@H]2NC(=O)[C@H](N)C(C)C. The number of nitrogens with one attached hydrogen (secondary N) is 1. The number of rotatable bonds is 3. The first-order valence-electron chi connectivity index (χ1n) is 7.14. The van der Waals surface area contributed by atoms with Crippen LogP contribution in [0.25, 0.3) is 0 Å². The molecule has 0 aromatic heterocycles. The summed E-state index contributed by atoms with van der Waals surface area (Å²) in [7, 11) is 0. The van der Waals surface area contributed by atoms with Gasteiger partial charge in [0.2, 0.25) is 5.91 Å². The van der Waals surface area contributed by atoms with Crippen molar-refractivity contribution in [1.29, 1.82) is 0 Å². The van der Waals surface area contributed by atoms with E-state index in [0.717, 1.165) is 19.3 Å². The second-order valence-electron chi connectivity index (χ2n) is 5.93. The third kappa shape index (κ3) is 3.16. The summed E-state index contributed by atoms with van der Waals surface area (Å²) in [6.07, 6.45) is 3.24. The van der Waals surface area contributed by atoms with Crippen LogP contribution in [0.1, 0.15) is 49.4 Å². The van der Waals surface area contributed by atoms with Gasteiger partial charge in [-0.25, -0.2) is 0 Å². The average Bonchev–Trinajstić information content (AvgIpc) is 2.37. The Kier molecular flexibility index (Phi) is 4.25. The number of nitrogens with two attached hydrogens (primary N) is 1. The Balaban J connectivity index is 2.14. The second-order valence-corrected chi connectivity index (χ2v) is 5.93. The number of aryl methyl sites for hydroxylation is 2. The van der Waals surface area contributed by atoms with Gasteiger partial charge in [0.25, 0.3) is 0 Å². The summed E-state index contributed by atoms with van der Waals surface area (Å²) in [5, 5.41) is 3.11. The van der Waals surface area contributed by atoms with Crippen LogP contribution in [0.15, 0.2) is 18.2 Å². The Morgan fingerprint density at radius 1 is 1.42 bits per heavy atom. The third-order valence-electron chi connectivity index (χ3n) is 3.95. The van der Waals surface area contributed by atoms with E-state index in [1.165, 1.54) is 16.7 Å². The molecule has 1 aliphatic rings. The monoisotopic (exact) mass is 260 g/mol. The van der Waals surface area contributed by atoms with E-state index in [0.29, 0.717) is 0 Å². The molecule has 0 spiro atoms. The van der Waals surface area contributed by atoms with E-state index in [1.807, 2.05) is 13.8 Å². The van der Waals surface area contributed by atoms with E-state index < -0.39 is 6.04 Å². The molecule has 19 heavy (non-hydrogen) atoms. The Morgan fingerprint density at radius 2 is 2.16 bits per heavy atom. The van der Waals surface area contributed by atoms with Gasteiger partial charge < -0.3 is 11.1 Å². The summed E-state index contributed by atoms with van der Waals surface area (Å²) in [6.45, 7) is 6.06. The molecule has 0 aliphatic heterocycles. The summed E-state index contributed by atoms with van der Waals surface area (Å²) in [5.41, 5.74) is 9.83. The van der Waals surface area contributed by atoms with Crippen LogP contribution in [-0.2, 0) is 11.2 Å². The van der Waals surface area contributed by atoms with Gasteiger partial charge in [0.15, 0.2) is 0 Å². The predicted octanol–water partition coefficient (Wildman–Crippen LogP) is 2.47. The van der Waals surface area contributed by atoms with Gasteiger partial charge in [0, 0.05) is 0 Å². The molecule has 0 radical (unpaired) electrons. The minimum Gasteiger partial charge on any atom is -0.348 e. The molecule has 1 aromatic rings. The van der Waals surface area contributed by atoms with Crippen LogP contribution in [-0.4, -0.2) is 11.9 Å². The molecule has 0 fully saturated rings. The standard InChI is InChI=1S/C16H24N2O/c1-10(2)15(17)16(19)18-14-6-4-5-12-9-11(3)7-8-13(12)14/h7-10,14-15H,4-6,17H2,1-3H3,(H,18,19)/t14-,15-/m1/s1. The van der Waals surface area contributed by atoms with Crippen LogP contribution >= 0.6 is 0 Å². The quantitative estimate of drug-likeness (QED) is 0.877. The number of benzene rings is 1. The molecule has 3 nitrogen and oxygen atoms in total. The maximum atomic E-state index is 12.1. The van der Waals surface area contributed by atoms with Gasteiger partial charge in [-0.15, -0.1) is 0 Å². The molecule has 3 heteroatoms. The Bertz CT molecular complexity index is 468. The number of carbonyl (C=O) groups excluding carboxylic acids is 1. The van der Waals surface area contributed by atoms with E-state index in [4.69, 9.17) is 5.73 Å². The maximum absolute atomic E-state index is 12.1. The summed E-state index contributed by atoms with van der Waals surface area (Å²) < 4.78 is 0. The molecule has 0 saturated carbocycles. The zero-order valence-electron chi connectivity index (χ0n) is 12.1. The zero-order valence-corrected chi connectivity index (χ0v) is 12.1. The molecule has 104 valence electrons. The van der Waals surface area contributed by atoms with Crippen molar-refractivity contribution in [3.8, 4) is 0 Å². The Morgan fingerprint density at radius 3 is 2.84 bits per heavy atom. The lowest BCUT2D eigenvalue weighted by Crippen LogP contribution is -2.45. The van der Waals surface area contributed by atoms with E-state index in [2.05, 4.69) is 30.4 Å². The van der Waals surface area contributed by atoms with E-state index in [-0.39, 0.29) is 17.9 Å². The lowest BCUT2D eigenvalue weighted by molar-refractivity contribution is -0.124. The third-order valence-corrected chi connectivity index (χ3v) is 3.95. The number of amides is 1. The van der Waals surface area contributed by atoms with Crippen molar-refractivity contribution in [2.45, 2.75) is 52.1 Å². The highest BCUT2D eigenvalue weighted by atomic mass is 16.2. The van der Waals surface area contributed by atoms with Gasteiger partial charge in [-0.1, -0.05) is 37.6 Å². The first-order chi connectivity index (χ1) is 8.99. The minimum absolute atomic E-state index is 0.0339. The van der Waals surface area contributed by atoms with Crippen molar-refractivity contribution in [2.75, 3.05) is 0 Å². The Labute approximate surface area is 115 Å². The molecular formula is C16H24N2O. The highest BCUT2D eigenvalue weighted by Gasteiger charge is 2.25. The van der Waals surface area contributed by atoms with Crippen LogP contribution in [0.4, 0.5) is 0 Å². The average molecular weight is 260 g/mol. The van der Waals surface area contributed by atoms with Crippen molar-refractivity contribution >= 4 is 5.91 Å². The van der Waals surface area contributed by atoms with Gasteiger partial charge in [0.05, 0.1) is 12.1 Å². The normalized spacial score (nSPS) is 19.9. The molecule has 3 N–H and O–H groups in total. The van der Waals surface area contributed by atoms with Gasteiger partial charge in [-0.2, -0.15) is 0 Å². The molecule has 2 atom stereocenters. The van der Waals surface area contributed by atoms with Crippen molar-refractivity contribution in [2.24, 2.45) is 11.7 Å². The molecule has 1 aromatic carbocycles. The van der Waals surface area contributed by atoms with Crippen molar-refractivity contribution < 1.29 is 4.79 Å². The fraction of sp³-hybridized carbons (Fsp3) is 0.562. The lowest BCUT2D eigenvalue weighted by atomic mass is 9.86. The summed E-state index contributed by atoms with van der Waals surface area (Å²) in [5.74, 6) is 0.134. The second kappa shape index (κ2) is 5.74. The van der Waals surface area contributed by atoms with Gasteiger partial charge >= 0.3 is 0 Å². The molecular weight excluding hydrogens is 236 g/mol. The lowest BCUT2D eigenvalue weighted by Gasteiger charge is -2.28. The van der Waals surface area contributed by atoms with Gasteiger partial charge in [-0.05, 0) is 43.2 Å². The number of carbonyl (C=O) groups is 1. The molecule has 2 rings (SSSR count). The van der Waals surface area contributed by atoms with Crippen LogP contribution in [0.5, 0.6) is 0 Å². The van der Waals surface area contributed by atoms with Gasteiger partial charge in [-0.3, -0.25) is 4.79 Å². The predicted molar refractivity (Wildman–Crippen MR) is 77.8 cm³/mol. The zero-order chi connectivity index (χ0) is 14.0. The fourth-order valence-electron chi connectivity index (χ4n) is 2.66. The van der Waals surface area contributed by atoms with Crippen molar-refractivity contribution in [3.63, 3.8) is 0 Å². The highest BCUT2D eigenvalue weighted by molar-refractivity contribution is 5.82. The van der Waals surface area contributed by atoms with E-state index in [1.54, 1.807) is 0 Å². The number of hydrogen-bond acceptors (Lipinski definition) is 2. The fourth-order valence-corrected chi connectivity index (χ4v) is 2.66. The van der Waals surface area contributed by atoms with Crippen LogP contribution in [0.3, 0.4) is 0 Å². The smallest absolute Gasteiger partial charge is 0.237 e. The van der Waals surface area contributed by atoms with Gasteiger partial charge in [0.1, 0.15) is 0 Å². The topological polar surface area (TPSA) is 55.1 Å². The molecule has 0 saturated heterocycles. The minimum atomic E-state index is -0.421. The summed E-state index contributed by atoms with van der Waals surface area (Å²) >= 11 is 0. The van der Waals surface area contributed by atoms with Crippen molar-refractivity contribution in [1.82, 2.24) is 5.32 Å². The molecule has 0 heterocycles. The maximum Gasteiger partial charge on any atom is 0.237 e. The molecule has 1 amide bonds. The van der Waals surface area contributed by atoms with Crippen LogP contribution in [0.2, 0.25) is 0 Å². The first kappa shape index (κ1) is 14.1. The van der Waals surface area contributed by atoms with Crippen LogP contribution in [0, 0.1) is 12.8 Å². The Hall–Kier alpha value is -1.35. The van der Waals surface area contributed by atoms with E-state index >= 15 is 0 Å². The largest absolute Gasteiger partial charge is 0.348 e. The van der Waals surface area contributed by atoms with Crippen LogP contribution < -0.4 is 11.1 Å². The number of fused-ring (bicyclic) bond motifs is 1. The molecule has 1 aliphatic carbocycles. The highest BCUT2D eigenvalue weighted by Crippen LogP contribution is 2.30. The summed E-state index contributed by atoms with van der Waals surface area (Å²) in [6, 6.07) is 6.20. The summed E-state index contributed by atoms with van der Waals surface area (Å²) in [4.78, 5) is 12.1. The number of hydrogen-bond donors (Lipinski definition) is 2. The molecule has 0 bridgehead atoms. The first-order valence-corrected chi connectivity index (χ1v) is 7.14.